The maximum absolute atomic E-state index is 12.5. The van der Waals surface area contributed by atoms with Crippen molar-refractivity contribution in [2.45, 2.75) is 0 Å². The van der Waals surface area contributed by atoms with Crippen molar-refractivity contribution >= 4 is 34.4 Å². The monoisotopic (exact) mass is 414 g/mol. The number of fused-ring (bicyclic) bond motifs is 1. The van der Waals surface area contributed by atoms with Gasteiger partial charge in [0.25, 0.3) is 5.91 Å². The highest BCUT2D eigenvalue weighted by molar-refractivity contribution is 7.00. The highest BCUT2D eigenvalue weighted by Gasteiger charge is 2.09. The van der Waals surface area contributed by atoms with Gasteiger partial charge in [0.15, 0.2) is 5.82 Å². The molecule has 0 aliphatic rings. The van der Waals surface area contributed by atoms with Crippen LogP contribution in [-0.2, 0) is 0 Å². The summed E-state index contributed by atoms with van der Waals surface area (Å²) < 4.78 is 15.9. The first-order chi connectivity index (χ1) is 14.7. The summed E-state index contributed by atoms with van der Waals surface area (Å²) in [5.41, 5.74) is 2.66. The molecule has 5 rings (SSSR count). The molecule has 8 nitrogen and oxygen atoms in total. The summed E-state index contributed by atoms with van der Waals surface area (Å²) in [6.07, 6.45) is 3.78. The second kappa shape index (κ2) is 7.72. The number of carbonyl (C=O) groups excluding carboxylic acids is 1. The third kappa shape index (κ3) is 3.74. The highest BCUT2D eigenvalue weighted by Crippen LogP contribution is 2.22. The first-order valence-corrected chi connectivity index (χ1v) is 9.76. The molecular formula is C21H14N6O2S. The van der Waals surface area contributed by atoms with Gasteiger partial charge < -0.3 is 14.6 Å². The molecule has 0 fully saturated rings. The molecule has 30 heavy (non-hydrogen) atoms. The second-order valence-corrected chi connectivity index (χ2v) is 6.90. The summed E-state index contributed by atoms with van der Waals surface area (Å²) in [6.45, 7) is 0. The van der Waals surface area contributed by atoms with Gasteiger partial charge in [-0.3, -0.25) is 4.79 Å². The van der Waals surface area contributed by atoms with Gasteiger partial charge in [-0.1, -0.05) is 0 Å². The number of ether oxygens (including phenoxy) is 1. The summed E-state index contributed by atoms with van der Waals surface area (Å²) in [6, 6.07) is 19.7. The Labute approximate surface area is 175 Å². The van der Waals surface area contributed by atoms with Gasteiger partial charge in [-0.05, 0) is 60.7 Å². The third-order valence-corrected chi connectivity index (χ3v) is 4.90. The Kier molecular flexibility index (Phi) is 4.62. The maximum atomic E-state index is 12.5. The number of benzene rings is 2. The average molecular weight is 414 g/mol. The smallest absolute Gasteiger partial charge is 0.255 e. The molecule has 3 aromatic heterocycles. The van der Waals surface area contributed by atoms with Crippen molar-refractivity contribution in [3.05, 3.63) is 84.7 Å². The van der Waals surface area contributed by atoms with Gasteiger partial charge in [0.05, 0.1) is 11.7 Å². The van der Waals surface area contributed by atoms with Crippen molar-refractivity contribution in [1.82, 2.24) is 23.5 Å². The Hall–Kier alpha value is -4.11. The van der Waals surface area contributed by atoms with Gasteiger partial charge in [-0.15, -0.1) is 10.2 Å². The molecule has 1 amide bonds. The summed E-state index contributed by atoms with van der Waals surface area (Å²) in [4.78, 5) is 12.5. The van der Waals surface area contributed by atoms with Crippen molar-refractivity contribution in [1.29, 1.82) is 0 Å². The first-order valence-electron chi connectivity index (χ1n) is 9.03. The van der Waals surface area contributed by atoms with Crippen molar-refractivity contribution < 1.29 is 9.53 Å². The molecule has 146 valence electrons. The molecule has 3 heterocycles. The minimum absolute atomic E-state index is 0.218. The van der Waals surface area contributed by atoms with Crippen molar-refractivity contribution in [2.24, 2.45) is 0 Å². The van der Waals surface area contributed by atoms with E-state index in [-0.39, 0.29) is 5.91 Å². The number of amides is 1. The van der Waals surface area contributed by atoms with Gasteiger partial charge in [0, 0.05) is 29.7 Å². The summed E-state index contributed by atoms with van der Waals surface area (Å²) in [7, 11) is 0. The number of rotatable bonds is 5. The zero-order valence-electron chi connectivity index (χ0n) is 15.5. The molecule has 0 saturated heterocycles. The van der Waals surface area contributed by atoms with E-state index in [4.69, 9.17) is 4.74 Å². The SMILES string of the molecule is O=C(Nc1ccc(Oc2ccc(-n3cccc3)nn2)cc1)c1ccc2nsnc2c1. The minimum atomic E-state index is -0.218. The summed E-state index contributed by atoms with van der Waals surface area (Å²) >= 11 is 1.12. The Balaban J connectivity index is 1.24. The number of nitrogens with one attached hydrogen (secondary N) is 1. The van der Waals surface area contributed by atoms with Crippen LogP contribution in [0, 0.1) is 0 Å². The van der Waals surface area contributed by atoms with Crippen LogP contribution in [-0.4, -0.2) is 29.4 Å². The average Bonchev–Trinajstić information content (AvgIpc) is 3.47. The minimum Gasteiger partial charge on any atom is -0.438 e. The lowest BCUT2D eigenvalue weighted by Gasteiger charge is -2.08. The topological polar surface area (TPSA) is 94.8 Å². The zero-order valence-corrected chi connectivity index (χ0v) is 16.3. The van der Waals surface area contributed by atoms with E-state index in [2.05, 4.69) is 24.3 Å². The molecule has 0 spiro atoms. The van der Waals surface area contributed by atoms with Crippen LogP contribution in [0.3, 0.4) is 0 Å². The highest BCUT2D eigenvalue weighted by atomic mass is 32.1. The largest absolute Gasteiger partial charge is 0.438 e. The van der Waals surface area contributed by atoms with E-state index in [0.29, 0.717) is 34.2 Å². The molecule has 1 N–H and O–H groups in total. The standard InChI is InChI=1S/C21H14N6O2S/c28-21(14-3-8-17-18(13-14)26-30-25-17)22-15-4-6-16(7-5-15)29-20-10-9-19(23-24-20)27-11-1-2-12-27/h1-13H,(H,22,28). The van der Waals surface area contributed by atoms with E-state index in [0.717, 1.165) is 17.2 Å². The predicted octanol–water partition coefficient (Wildman–Crippen LogP) is 4.32. The van der Waals surface area contributed by atoms with Crippen LogP contribution in [0.5, 0.6) is 11.6 Å². The number of aromatic nitrogens is 5. The fraction of sp³-hybridized carbons (Fsp3) is 0. The lowest BCUT2D eigenvalue weighted by molar-refractivity contribution is 0.102. The Morgan fingerprint density at radius 3 is 2.47 bits per heavy atom. The maximum Gasteiger partial charge on any atom is 0.255 e. The molecule has 0 bridgehead atoms. The van der Waals surface area contributed by atoms with Crippen molar-refractivity contribution in [2.75, 3.05) is 5.32 Å². The van der Waals surface area contributed by atoms with Crippen LogP contribution in [0.1, 0.15) is 10.4 Å². The molecule has 0 unspecified atom stereocenters. The van der Waals surface area contributed by atoms with E-state index in [9.17, 15) is 4.79 Å². The van der Waals surface area contributed by atoms with Crippen molar-refractivity contribution in [3.63, 3.8) is 0 Å². The van der Waals surface area contributed by atoms with Gasteiger partial charge >= 0.3 is 0 Å². The quantitative estimate of drug-likeness (QED) is 0.460. The molecule has 0 aliphatic heterocycles. The van der Waals surface area contributed by atoms with E-state index < -0.39 is 0 Å². The molecule has 0 aliphatic carbocycles. The number of hydrogen-bond acceptors (Lipinski definition) is 7. The van der Waals surface area contributed by atoms with Crippen LogP contribution < -0.4 is 10.1 Å². The van der Waals surface area contributed by atoms with E-state index >= 15 is 0 Å². The van der Waals surface area contributed by atoms with Gasteiger partial charge in [0.2, 0.25) is 5.88 Å². The van der Waals surface area contributed by atoms with Crippen LogP contribution in [0.25, 0.3) is 16.9 Å². The Morgan fingerprint density at radius 1 is 0.900 bits per heavy atom. The van der Waals surface area contributed by atoms with Crippen LogP contribution in [0.4, 0.5) is 5.69 Å². The fourth-order valence-electron chi connectivity index (χ4n) is 2.85. The van der Waals surface area contributed by atoms with Crippen LogP contribution in [0.15, 0.2) is 79.1 Å². The lowest BCUT2D eigenvalue weighted by Crippen LogP contribution is -2.11. The molecule has 0 atom stereocenters. The molecule has 0 saturated carbocycles. The summed E-state index contributed by atoms with van der Waals surface area (Å²) in [5, 5.41) is 11.1. The van der Waals surface area contributed by atoms with Gasteiger partial charge in [0.1, 0.15) is 16.8 Å². The number of nitrogens with zero attached hydrogens (tertiary/aromatic N) is 5. The van der Waals surface area contributed by atoms with E-state index in [1.54, 1.807) is 48.5 Å². The third-order valence-electron chi connectivity index (χ3n) is 4.35. The molecule has 5 aromatic rings. The Bertz CT molecular complexity index is 1300. The van der Waals surface area contributed by atoms with Crippen LogP contribution >= 0.6 is 11.7 Å². The van der Waals surface area contributed by atoms with Gasteiger partial charge in [-0.2, -0.15) is 8.75 Å². The number of carbonyl (C=O) groups is 1. The zero-order chi connectivity index (χ0) is 20.3. The van der Waals surface area contributed by atoms with E-state index in [1.165, 1.54) is 0 Å². The lowest BCUT2D eigenvalue weighted by atomic mass is 10.2. The number of hydrogen-bond donors (Lipinski definition) is 1. The molecule has 2 aromatic carbocycles. The normalized spacial score (nSPS) is 10.8. The first kappa shape index (κ1) is 18.0. The predicted molar refractivity (Wildman–Crippen MR) is 113 cm³/mol. The van der Waals surface area contributed by atoms with E-state index in [1.807, 2.05) is 35.2 Å². The van der Waals surface area contributed by atoms with Crippen LogP contribution in [0.2, 0.25) is 0 Å². The fourth-order valence-corrected chi connectivity index (χ4v) is 3.36. The molecule has 9 heteroatoms. The Morgan fingerprint density at radius 2 is 1.70 bits per heavy atom. The van der Waals surface area contributed by atoms with Crippen molar-refractivity contribution in [3.8, 4) is 17.4 Å². The number of anilines is 1. The van der Waals surface area contributed by atoms with Gasteiger partial charge in [-0.25, -0.2) is 0 Å². The second-order valence-electron chi connectivity index (χ2n) is 6.37. The summed E-state index contributed by atoms with van der Waals surface area (Å²) in [5.74, 6) is 1.46. The molecular weight excluding hydrogens is 400 g/mol. The molecule has 0 radical (unpaired) electrons.